The predicted molar refractivity (Wildman–Crippen MR) is 69.0 cm³/mol. The molecule has 0 radical (unpaired) electrons. The molecule has 1 aliphatic heterocycles. The first kappa shape index (κ1) is 10.5. The molecule has 1 aliphatic carbocycles. The maximum atomic E-state index is 4.26. The largest absolute Gasteiger partial charge is 0.316 e. The molecule has 1 N–H and O–H groups in total. The molecule has 0 aromatic carbocycles. The molecule has 2 atom stereocenters. The summed E-state index contributed by atoms with van der Waals surface area (Å²) in [6.45, 7) is 2.31. The van der Waals surface area contributed by atoms with Crippen molar-refractivity contribution in [2.75, 3.05) is 13.1 Å². The fraction of sp³-hybridized carbons (Fsp3) is 0.462. The molecule has 1 saturated heterocycles. The van der Waals surface area contributed by atoms with E-state index < -0.39 is 0 Å². The number of hydrogen-bond acceptors (Lipinski definition) is 2. The van der Waals surface area contributed by atoms with Crippen LogP contribution >= 0.6 is 15.9 Å². The number of fused-ring (bicyclic) bond motifs is 1. The lowest BCUT2D eigenvalue weighted by atomic mass is 9.84. The van der Waals surface area contributed by atoms with E-state index in [1.54, 1.807) is 0 Å². The van der Waals surface area contributed by atoms with Gasteiger partial charge in [-0.1, -0.05) is 6.08 Å². The third-order valence-corrected chi connectivity index (χ3v) is 4.14. The van der Waals surface area contributed by atoms with Gasteiger partial charge < -0.3 is 5.32 Å². The van der Waals surface area contributed by atoms with Crippen LogP contribution in [0.2, 0.25) is 0 Å². The van der Waals surface area contributed by atoms with Crippen LogP contribution in [0.4, 0.5) is 0 Å². The van der Waals surface area contributed by atoms with Crippen molar-refractivity contribution in [2.45, 2.75) is 12.8 Å². The Labute approximate surface area is 104 Å². The van der Waals surface area contributed by atoms with Gasteiger partial charge in [0, 0.05) is 23.4 Å². The van der Waals surface area contributed by atoms with E-state index in [-0.39, 0.29) is 0 Å². The fourth-order valence-electron chi connectivity index (χ4n) is 2.89. The summed E-state index contributed by atoms with van der Waals surface area (Å²) in [6, 6.07) is 2.18. The monoisotopic (exact) mass is 278 g/mol. The van der Waals surface area contributed by atoms with Gasteiger partial charge in [0.2, 0.25) is 0 Å². The summed E-state index contributed by atoms with van der Waals surface area (Å²) in [5.74, 6) is 1.56. The van der Waals surface area contributed by atoms with Gasteiger partial charge in [-0.25, -0.2) is 0 Å². The summed E-state index contributed by atoms with van der Waals surface area (Å²) < 4.78 is 1.07. The highest BCUT2D eigenvalue weighted by Crippen LogP contribution is 2.41. The molecule has 1 fully saturated rings. The first-order valence-corrected chi connectivity index (χ1v) is 6.65. The van der Waals surface area contributed by atoms with Crippen molar-refractivity contribution in [1.29, 1.82) is 0 Å². The van der Waals surface area contributed by atoms with Crippen LogP contribution in [0.3, 0.4) is 0 Å². The Balaban J connectivity index is 1.90. The Bertz CT molecular complexity index is 428. The van der Waals surface area contributed by atoms with E-state index in [0.717, 1.165) is 16.9 Å². The van der Waals surface area contributed by atoms with Crippen molar-refractivity contribution >= 4 is 21.5 Å². The lowest BCUT2D eigenvalue weighted by molar-refractivity contribution is 0.328. The van der Waals surface area contributed by atoms with Crippen molar-refractivity contribution in [3.8, 4) is 0 Å². The zero-order valence-corrected chi connectivity index (χ0v) is 10.7. The summed E-state index contributed by atoms with van der Waals surface area (Å²) in [6.07, 6.45) is 8.79. The standard InChI is InChI=1S/C13H15BrN2/c14-11-5-10(6-16-7-11)12-2-1-9-3-4-15-8-13(9)12/h2,5-7,9,13,15H,1,3-4,8H2/t9-,13+/m0/s1. The van der Waals surface area contributed by atoms with Crippen LogP contribution in [0, 0.1) is 11.8 Å². The number of piperidine rings is 1. The Morgan fingerprint density at radius 2 is 2.31 bits per heavy atom. The van der Waals surface area contributed by atoms with Crippen LogP contribution in [0.1, 0.15) is 18.4 Å². The van der Waals surface area contributed by atoms with Gasteiger partial charge >= 0.3 is 0 Å². The van der Waals surface area contributed by atoms with Crippen LogP contribution in [-0.2, 0) is 0 Å². The highest BCUT2D eigenvalue weighted by atomic mass is 79.9. The molecule has 2 aliphatic rings. The van der Waals surface area contributed by atoms with Gasteiger partial charge in [0.05, 0.1) is 0 Å². The van der Waals surface area contributed by atoms with Gasteiger partial charge in [-0.15, -0.1) is 0 Å². The van der Waals surface area contributed by atoms with Gasteiger partial charge in [-0.3, -0.25) is 4.98 Å². The van der Waals surface area contributed by atoms with E-state index >= 15 is 0 Å². The van der Waals surface area contributed by atoms with Crippen molar-refractivity contribution in [3.05, 3.63) is 34.6 Å². The average molecular weight is 279 g/mol. The van der Waals surface area contributed by atoms with Gasteiger partial charge in [-0.05, 0) is 64.4 Å². The second-order valence-corrected chi connectivity index (χ2v) is 5.56. The number of rotatable bonds is 1. The van der Waals surface area contributed by atoms with Gasteiger partial charge in [-0.2, -0.15) is 0 Å². The van der Waals surface area contributed by atoms with Gasteiger partial charge in [0.1, 0.15) is 0 Å². The Hall–Kier alpha value is -0.670. The molecule has 1 aromatic rings. The molecule has 0 spiro atoms. The normalized spacial score (nSPS) is 28.7. The molecule has 2 nitrogen and oxygen atoms in total. The molecule has 0 saturated carbocycles. The lowest BCUT2D eigenvalue weighted by Gasteiger charge is -2.28. The second kappa shape index (κ2) is 4.30. The highest BCUT2D eigenvalue weighted by molar-refractivity contribution is 9.10. The van der Waals surface area contributed by atoms with E-state index in [1.165, 1.54) is 30.5 Å². The smallest absolute Gasteiger partial charge is 0.0410 e. The van der Waals surface area contributed by atoms with E-state index in [4.69, 9.17) is 0 Å². The summed E-state index contributed by atoms with van der Waals surface area (Å²) in [5.41, 5.74) is 2.77. The van der Waals surface area contributed by atoms with Crippen LogP contribution in [0.15, 0.2) is 29.0 Å². The minimum Gasteiger partial charge on any atom is -0.316 e. The molecule has 0 amide bonds. The molecule has 2 heterocycles. The highest BCUT2D eigenvalue weighted by Gasteiger charge is 2.32. The zero-order chi connectivity index (χ0) is 11.0. The summed E-state index contributed by atoms with van der Waals surface area (Å²) >= 11 is 3.49. The topological polar surface area (TPSA) is 24.9 Å². The minimum atomic E-state index is 0.699. The predicted octanol–water partition coefficient (Wildman–Crippen LogP) is 2.86. The third kappa shape index (κ3) is 1.82. The number of hydrogen-bond donors (Lipinski definition) is 1. The van der Waals surface area contributed by atoms with Crippen molar-refractivity contribution in [2.24, 2.45) is 11.8 Å². The first-order valence-electron chi connectivity index (χ1n) is 5.86. The fourth-order valence-corrected chi connectivity index (χ4v) is 3.26. The van der Waals surface area contributed by atoms with Crippen molar-refractivity contribution in [1.82, 2.24) is 10.3 Å². The molecular weight excluding hydrogens is 264 g/mol. The maximum Gasteiger partial charge on any atom is 0.0410 e. The van der Waals surface area contributed by atoms with Gasteiger partial charge in [0.15, 0.2) is 0 Å². The van der Waals surface area contributed by atoms with Crippen LogP contribution < -0.4 is 5.32 Å². The maximum absolute atomic E-state index is 4.26. The minimum absolute atomic E-state index is 0.699. The van der Waals surface area contributed by atoms with Crippen LogP contribution in [0.25, 0.3) is 5.57 Å². The van der Waals surface area contributed by atoms with Gasteiger partial charge in [0.25, 0.3) is 0 Å². The summed E-state index contributed by atoms with van der Waals surface area (Å²) in [7, 11) is 0. The number of nitrogens with one attached hydrogen (secondary N) is 1. The molecule has 0 bridgehead atoms. The zero-order valence-electron chi connectivity index (χ0n) is 9.12. The van der Waals surface area contributed by atoms with E-state index in [1.807, 2.05) is 12.4 Å². The van der Waals surface area contributed by atoms with Crippen LogP contribution in [0.5, 0.6) is 0 Å². The molecular formula is C13H15BrN2. The summed E-state index contributed by atoms with van der Waals surface area (Å²) in [4.78, 5) is 4.26. The van der Waals surface area contributed by atoms with Crippen LogP contribution in [-0.4, -0.2) is 18.1 Å². The molecule has 0 unspecified atom stereocenters. The molecule has 3 rings (SSSR count). The Kier molecular flexibility index (Phi) is 2.82. The number of halogens is 1. The molecule has 84 valence electrons. The average Bonchev–Trinajstić information content (AvgIpc) is 2.72. The number of pyridine rings is 1. The Morgan fingerprint density at radius 1 is 1.38 bits per heavy atom. The first-order chi connectivity index (χ1) is 7.84. The SMILES string of the molecule is Brc1cncc(C2=CC[C@H]3CCNC[C@@H]23)c1. The third-order valence-electron chi connectivity index (χ3n) is 3.70. The number of allylic oxidation sites excluding steroid dienone is 1. The quantitative estimate of drug-likeness (QED) is 0.855. The molecule has 1 aromatic heterocycles. The van der Waals surface area contributed by atoms with E-state index in [9.17, 15) is 0 Å². The summed E-state index contributed by atoms with van der Waals surface area (Å²) in [5, 5.41) is 3.50. The molecule has 16 heavy (non-hydrogen) atoms. The lowest BCUT2D eigenvalue weighted by Crippen LogP contribution is -2.34. The number of aromatic nitrogens is 1. The second-order valence-electron chi connectivity index (χ2n) is 4.65. The van der Waals surface area contributed by atoms with Crippen molar-refractivity contribution < 1.29 is 0 Å². The number of nitrogens with zero attached hydrogens (tertiary/aromatic N) is 1. The van der Waals surface area contributed by atoms with E-state index in [0.29, 0.717) is 5.92 Å². The molecule has 3 heteroatoms. The van der Waals surface area contributed by atoms with Crippen molar-refractivity contribution in [3.63, 3.8) is 0 Å². The van der Waals surface area contributed by atoms with E-state index in [2.05, 4.69) is 38.4 Å². The Morgan fingerprint density at radius 3 is 3.19 bits per heavy atom.